The summed E-state index contributed by atoms with van der Waals surface area (Å²) in [6.45, 7) is 2.82. The van der Waals surface area contributed by atoms with E-state index in [-0.39, 0.29) is 11.6 Å². The van der Waals surface area contributed by atoms with Crippen molar-refractivity contribution in [2.45, 2.75) is 13.5 Å². The van der Waals surface area contributed by atoms with E-state index in [1.165, 1.54) is 6.26 Å². The number of hydrogen-bond donors (Lipinski definition) is 0. The van der Waals surface area contributed by atoms with Crippen LogP contribution in [0.2, 0.25) is 0 Å². The molecule has 4 rings (SSSR count). The minimum atomic E-state index is -0.529. The minimum Gasteiger partial charge on any atom is -0.490 e. The first-order chi connectivity index (χ1) is 15.0. The summed E-state index contributed by atoms with van der Waals surface area (Å²) in [6, 6.07) is 15.3. The Morgan fingerprint density at radius 2 is 1.97 bits per heavy atom. The number of carbonyl (C=O) groups is 1. The van der Waals surface area contributed by atoms with Gasteiger partial charge in [0.15, 0.2) is 23.0 Å². The van der Waals surface area contributed by atoms with Gasteiger partial charge in [-0.3, -0.25) is 0 Å². The first-order valence-electron chi connectivity index (χ1n) is 9.43. The van der Waals surface area contributed by atoms with Gasteiger partial charge in [-0.15, -0.1) is 0 Å². The average molecular weight is 641 g/mol. The van der Waals surface area contributed by atoms with Crippen LogP contribution in [0.15, 0.2) is 69.9 Å². The van der Waals surface area contributed by atoms with Crippen LogP contribution in [-0.4, -0.2) is 18.5 Å². The molecule has 31 heavy (non-hydrogen) atoms. The first kappa shape index (κ1) is 21.9. The average Bonchev–Trinajstić information content (AvgIpc) is 3.38. The minimum absolute atomic E-state index is 0.151. The number of rotatable bonds is 7. The summed E-state index contributed by atoms with van der Waals surface area (Å²) in [5, 5.41) is 0. The molecular formula is C23H17I2NO5. The van der Waals surface area contributed by atoms with E-state index in [4.69, 9.17) is 18.6 Å². The molecule has 0 saturated carbocycles. The van der Waals surface area contributed by atoms with Crippen molar-refractivity contribution < 1.29 is 23.4 Å². The fraction of sp³-hybridized carbons (Fsp3) is 0.130. The van der Waals surface area contributed by atoms with Gasteiger partial charge in [0.05, 0.1) is 16.4 Å². The summed E-state index contributed by atoms with van der Waals surface area (Å²) in [5.74, 6) is 1.29. The predicted octanol–water partition coefficient (Wildman–Crippen LogP) is 5.81. The number of esters is 1. The highest BCUT2D eigenvalue weighted by atomic mass is 127. The fourth-order valence-electron chi connectivity index (χ4n) is 2.93. The molecule has 0 fully saturated rings. The van der Waals surface area contributed by atoms with Gasteiger partial charge < -0.3 is 18.6 Å². The van der Waals surface area contributed by atoms with Crippen molar-refractivity contribution in [3.8, 4) is 11.5 Å². The van der Waals surface area contributed by atoms with Crippen LogP contribution in [0.5, 0.6) is 11.5 Å². The maximum absolute atomic E-state index is 12.2. The van der Waals surface area contributed by atoms with Crippen LogP contribution >= 0.6 is 45.2 Å². The highest BCUT2D eigenvalue weighted by molar-refractivity contribution is 14.1. The summed E-state index contributed by atoms with van der Waals surface area (Å²) in [7, 11) is 0. The third-order valence-electron chi connectivity index (χ3n) is 4.26. The Hall–Kier alpha value is -2.34. The lowest BCUT2D eigenvalue weighted by Gasteiger charge is -2.15. The van der Waals surface area contributed by atoms with E-state index in [9.17, 15) is 4.79 Å². The molecule has 0 bridgehead atoms. The highest BCUT2D eigenvalue weighted by Crippen LogP contribution is 2.36. The van der Waals surface area contributed by atoms with E-state index < -0.39 is 5.97 Å². The van der Waals surface area contributed by atoms with Crippen LogP contribution in [-0.2, 0) is 16.1 Å². The maximum atomic E-state index is 12.2. The van der Waals surface area contributed by atoms with Gasteiger partial charge in [-0.1, -0.05) is 12.1 Å². The Morgan fingerprint density at radius 1 is 1.10 bits per heavy atom. The SMILES string of the molecule is CCOc1cc(/C=C2\N=C(c3ccco3)OC2=O)cc(I)c1OCc1cccc(I)c1. The number of furan rings is 1. The number of cyclic esters (lactones) is 1. The van der Waals surface area contributed by atoms with Gasteiger partial charge in [0.2, 0.25) is 0 Å². The number of hydrogen-bond acceptors (Lipinski definition) is 6. The lowest BCUT2D eigenvalue weighted by Crippen LogP contribution is -2.04. The van der Waals surface area contributed by atoms with Gasteiger partial charge in [0.1, 0.15) is 6.61 Å². The number of carbonyl (C=O) groups excluding carboxylic acids is 1. The van der Waals surface area contributed by atoms with Crippen molar-refractivity contribution in [3.63, 3.8) is 0 Å². The van der Waals surface area contributed by atoms with E-state index >= 15 is 0 Å². The molecule has 158 valence electrons. The normalized spacial score (nSPS) is 14.5. The molecule has 6 nitrogen and oxygen atoms in total. The van der Waals surface area contributed by atoms with Gasteiger partial charge in [-0.25, -0.2) is 9.79 Å². The lowest BCUT2D eigenvalue weighted by atomic mass is 10.1. The molecule has 0 saturated heterocycles. The highest BCUT2D eigenvalue weighted by Gasteiger charge is 2.26. The number of aliphatic imine (C=N–C) groups is 1. The zero-order valence-corrected chi connectivity index (χ0v) is 20.7. The van der Waals surface area contributed by atoms with Gasteiger partial charge in [-0.2, -0.15) is 0 Å². The van der Waals surface area contributed by atoms with Crippen LogP contribution in [0.4, 0.5) is 0 Å². The van der Waals surface area contributed by atoms with Crippen molar-refractivity contribution in [2.75, 3.05) is 6.61 Å². The Bertz CT molecular complexity index is 1170. The third kappa shape index (κ3) is 5.29. The summed E-state index contributed by atoms with van der Waals surface area (Å²) >= 11 is 4.48. The van der Waals surface area contributed by atoms with Gasteiger partial charge in [-0.05, 0) is 106 Å². The van der Waals surface area contributed by atoms with Crippen molar-refractivity contribution >= 4 is 63.1 Å². The molecule has 0 radical (unpaired) electrons. The second kappa shape index (κ2) is 9.86. The first-order valence-corrected chi connectivity index (χ1v) is 11.6. The predicted molar refractivity (Wildman–Crippen MR) is 133 cm³/mol. The van der Waals surface area contributed by atoms with Crippen molar-refractivity contribution in [2.24, 2.45) is 4.99 Å². The number of ether oxygens (including phenoxy) is 3. The molecule has 0 atom stereocenters. The van der Waals surface area contributed by atoms with Crippen molar-refractivity contribution in [1.29, 1.82) is 0 Å². The summed E-state index contributed by atoms with van der Waals surface area (Å²) in [4.78, 5) is 16.5. The van der Waals surface area contributed by atoms with Gasteiger partial charge in [0, 0.05) is 3.57 Å². The second-order valence-electron chi connectivity index (χ2n) is 6.49. The Balaban J connectivity index is 1.61. The Morgan fingerprint density at radius 3 is 2.71 bits per heavy atom. The summed E-state index contributed by atoms with van der Waals surface area (Å²) in [5.41, 5.74) is 2.02. The van der Waals surface area contributed by atoms with Crippen LogP contribution in [0.3, 0.4) is 0 Å². The Labute approximate surface area is 206 Å². The maximum Gasteiger partial charge on any atom is 0.363 e. The molecule has 0 amide bonds. The number of halogens is 2. The molecule has 0 aliphatic carbocycles. The molecule has 8 heteroatoms. The van der Waals surface area contributed by atoms with Crippen molar-refractivity contribution in [1.82, 2.24) is 0 Å². The zero-order valence-electron chi connectivity index (χ0n) is 16.4. The van der Waals surface area contributed by atoms with E-state index in [1.807, 2.05) is 37.3 Å². The van der Waals surface area contributed by atoms with Gasteiger partial charge in [0.25, 0.3) is 5.90 Å². The molecule has 1 aromatic heterocycles. The molecule has 0 N–H and O–H groups in total. The summed E-state index contributed by atoms with van der Waals surface area (Å²) in [6.07, 6.45) is 3.16. The Kier molecular flexibility index (Phi) is 6.96. The number of benzene rings is 2. The molecular weight excluding hydrogens is 624 g/mol. The lowest BCUT2D eigenvalue weighted by molar-refractivity contribution is -0.130. The van der Waals surface area contributed by atoms with Crippen LogP contribution in [0.25, 0.3) is 6.08 Å². The van der Waals surface area contributed by atoms with Crippen LogP contribution < -0.4 is 9.47 Å². The molecule has 2 aromatic carbocycles. The molecule has 2 heterocycles. The number of nitrogens with zero attached hydrogens (tertiary/aromatic N) is 1. The van der Waals surface area contributed by atoms with E-state index in [2.05, 4.69) is 56.2 Å². The third-order valence-corrected chi connectivity index (χ3v) is 5.73. The monoisotopic (exact) mass is 641 g/mol. The fourth-order valence-corrected chi connectivity index (χ4v) is 4.32. The van der Waals surface area contributed by atoms with E-state index in [1.54, 1.807) is 18.2 Å². The van der Waals surface area contributed by atoms with E-state index in [0.29, 0.717) is 30.5 Å². The molecule has 1 aliphatic heterocycles. The van der Waals surface area contributed by atoms with Crippen LogP contribution in [0.1, 0.15) is 23.8 Å². The standard InChI is InChI=1S/C23H17I2NO5/c1-2-28-20-12-15(11-18-23(27)31-22(26-18)19-7-4-8-29-19)10-17(25)21(20)30-13-14-5-3-6-16(24)9-14/h3-12H,2,13H2,1H3/b18-11-. The molecule has 0 unspecified atom stereocenters. The smallest absolute Gasteiger partial charge is 0.363 e. The molecule has 3 aromatic rings. The van der Waals surface area contributed by atoms with Gasteiger partial charge >= 0.3 is 5.97 Å². The van der Waals surface area contributed by atoms with Crippen molar-refractivity contribution in [3.05, 3.63) is 84.5 Å². The quantitative estimate of drug-likeness (QED) is 0.185. The van der Waals surface area contributed by atoms with Crippen LogP contribution in [0, 0.1) is 7.14 Å². The molecule has 0 spiro atoms. The largest absolute Gasteiger partial charge is 0.490 e. The summed E-state index contributed by atoms with van der Waals surface area (Å²) < 4.78 is 24.4. The topological polar surface area (TPSA) is 70.3 Å². The zero-order chi connectivity index (χ0) is 21.8. The van der Waals surface area contributed by atoms with E-state index in [0.717, 1.165) is 18.3 Å². The second-order valence-corrected chi connectivity index (χ2v) is 8.90. The molecule has 1 aliphatic rings.